The zero-order valence-electron chi connectivity index (χ0n) is 8.15. The zero-order chi connectivity index (χ0) is 13.4. The van der Waals surface area contributed by atoms with Crippen LogP contribution in [0, 0.1) is 0 Å². The van der Waals surface area contributed by atoms with Gasteiger partial charge in [0.25, 0.3) is 0 Å². The summed E-state index contributed by atoms with van der Waals surface area (Å²) < 4.78 is 59.5. The van der Waals surface area contributed by atoms with Crippen LogP contribution in [0.15, 0.2) is 23.1 Å². The Balaban J connectivity index is 3.60. The number of carbonyl (C=O) groups is 1. The van der Waals surface area contributed by atoms with E-state index in [4.69, 9.17) is 5.73 Å². The molecule has 0 spiro atoms. The molecule has 0 fully saturated rings. The van der Waals surface area contributed by atoms with E-state index >= 15 is 0 Å². The summed E-state index contributed by atoms with van der Waals surface area (Å²) in [6.07, 6.45) is -4.95. The van der Waals surface area contributed by atoms with Gasteiger partial charge >= 0.3 is 6.18 Å². The van der Waals surface area contributed by atoms with Gasteiger partial charge in [0.2, 0.25) is 15.9 Å². The van der Waals surface area contributed by atoms with E-state index in [1.165, 1.54) is 0 Å². The summed E-state index contributed by atoms with van der Waals surface area (Å²) in [5, 5.41) is 4.64. The van der Waals surface area contributed by atoms with Crippen molar-refractivity contribution < 1.29 is 26.4 Å². The van der Waals surface area contributed by atoms with Crippen LogP contribution in [0.1, 0.15) is 15.9 Å². The lowest BCUT2D eigenvalue weighted by Gasteiger charge is -2.12. The second-order valence-electron chi connectivity index (χ2n) is 3.12. The average Bonchev–Trinajstić information content (AvgIpc) is 2.14. The summed E-state index contributed by atoms with van der Waals surface area (Å²) >= 11 is 0. The number of benzene rings is 1. The predicted molar refractivity (Wildman–Crippen MR) is 51.3 cm³/mol. The van der Waals surface area contributed by atoms with Crippen LogP contribution in [0.4, 0.5) is 13.2 Å². The Kier molecular flexibility index (Phi) is 3.17. The molecule has 1 rings (SSSR count). The lowest BCUT2D eigenvalue weighted by Crippen LogP contribution is -2.21. The minimum Gasteiger partial charge on any atom is -0.366 e. The van der Waals surface area contributed by atoms with Crippen molar-refractivity contribution in [3.05, 3.63) is 29.3 Å². The molecule has 0 heterocycles. The van der Waals surface area contributed by atoms with Crippen LogP contribution in [0.25, 0.3) is 0 Å². The van der Waals surface area contributed by atoms with Crippen molar-refractivity contribution in [2.75, 3.05) is 0 Å². The number of carbonyl (C=O) groups excluding carboxylic acids is 1. The maximum atomic E-state index is 12.6. The lowest BCUT2D eigenvalue weighted by atomic mass is 10.1. The van der Waals surface area contributed by atoms with Crippen molar-refractivity contribution in [1.29, 1.82) is 0 Å². The Morgan fingerprint density at radius 3 is 2.12 bits per heavy atom. The molecule has 1 aromatic rings. The molecule has 0 bridgehead atoms. The van der Waals surface area contributed by atoms with Crippen LogP contribution in [0.5, 0.6) is 0 Å². The first kappa shape index (κ1) is 13.5. The molecule has 0 aromatic heterocycles. The molecule has 0 saturated carbocycles. The second-order valence-corrected chi connectivity index (χ2v) is 4.65. The molecule has 0 radical (unpaired) electrons. The van der Waals surface area contributed by atoms with Gasteiger partial charge in [-0.15, -0.1) is 0 Å². The van der Waals surface area contributed by atoms with E-state index in [2.05, 4.69) is 5.14 Å². The van der Waals surface area contributed by atoms with Crippen molar-refractivity contribution in [3.8, 4) is 0 Å². The van der Waals surface area contributed by atoms with E-state index in [0.717, 1.165) is 6.07 Å². The summed E-state index contributed by atoms with van der Waals surface area (Å²) in [4.78, 5) is 9.61. The molecule has 94 valence electrons. The van der Waals surface area contributed by atoms with Gasteiger partial charge < -0.3 is 5.73 Å². The van der Waals surface area contributed by atoms with E-state index < -0.39 is 38.1 Å². The summed E-state index contributed by atoms with van der Waals surface area (Å²) in [7, 11) is -4.53. The molecule has 0 aliphatic carbocycles. The van der Waals surface area contributed by atoms with Gasteiger partial charge in [-0.1, -0.05) is 0 Å². The summed E-state index contributed by atoms with van der Waals surface area (Å²) in [5.74, 6) is -1.10. The Bertz CT molecular complexity index is 566. The fourth-order valence-corrected chi connectivity index (χ4v) is 1.89. The third-order valence-corrected chi connectivity index (χ3v) is 2.85. The van der Waals surface area contributed by atoms with Crippen LogP contribution >= 0.6 is 0 Å². The van der Waals surface area contributed by atoms with Gasteiger partial charge in [0, 0.05) is 5.56 Å². The number of hydrogen-bond donors (Lipinski definition) is 2. The number of nitrogens with two attached hydrogens (primary N) is 2. The van der Waals surface area contributed by atoms with Crippen LogP contribution in [-0.2, 0) is 16.2 Å². The smallest absolute Gasteiger partial charge is 0.366 e. The van der Waals surface area contributed by atoms with Gasteiger partial charge in [0.05, 0.1) is 10.5 Å². The molecule has 0 atom stereocenters. The highest BCUT2D eigenvalue weighted by Crippen LogP contribution is 2.34. The number of primary sulfonamides is 1. The van der Waals surface area contributed by atoms with E-state index in [9.17, 15) is 26.4 Å². The Labute approximate surface area is 94.3 Å². The number of sulfonamides is 1. The summed E-state index contributed by atoms with van der Waals surface area (Å²) in [6.45, 7) is 0. The molecule has 5 nitrogen and oxygen atoms in total. The molecule has 1 aromatic carbocycles. The fourth-order valence-electron chi connectivity index (χ4n) is 1.15. The summed E-state index contributed by atoms with van der Waals surface area (Å²) in [5.41, 5.74) is 2.83. The van der Waals surface area contributed by atoms with E-state index in [1.54, 1.807) is 0 Å². The number of hydrogen-bond acceptors (Lipinski definition) is 3. The van der Waals surface area contributed by atoms with Crippen LogP contribution in [0.2, 0.25) is 0 Å². The highest BCUT2D eigenvalue weighted by Gasteiger charge is 2.36. The van der Waals surface area contributed by atoms with E-state index in [1.807, 2.05) is 0 Å². The third-order valence-electron chi connectivity index (χ3n) is 1.88. The van der Waals surface area contributed by atoms with E-state index in [-0.39, 0.29) is 0 Å². The SMILES string of the molecule is NC(=O)c1ccc(S(N)(=O)=O)c(C(F)(F)F)c1. The van der Waals surface area contributed by atoms with Gasteiger partial charge in [-0.3, -0.25) is 4.79 Å². The van der Waals surface area contributed by atoms with Crippen LogP contribution in [0.3, 0.4) is 0 Å². The van der Waals surface area contributed by atoms with Crippen LogP contribution < -0.4 is 10.9 Å². The molecular weight excluding hydrogens is 261 g/mol. The van der Waals surface area contributed by atoms with Crippen molar-refractivity contribution >= 4 is 15.9 Å². The molecule has 9 heteroatoms. The average molecular weight is 268 g/mol. The predicted octanol–water partition coefficient (Wildman–Crippen LogP) is 0.452. The molecule has 0 saturated heterocycles. The fraction of sp³-hybridized carbons (Fsp3) is 0.125. The maximum absolute atomic E-state index is 12.6. The Morgan fingerprint density at radius 2 is 1.76 bits per heavy atom. The number of primary amides is 1. The first-order valence-electron chi connectivity index (χ1n) is 4.07. The summed E-state index contributed by atoms with van der Waals surface area (Å²) in [6, 6.07) is 1.80. The molecule has 4 N–H and O–H groups in total. The van der Waals surface area contributed by atoms with Gasteiger partial charge in [-0.2, -0.15) is 13.2 Å². The monoisotopic (exact) mass is 268 g/mol. The van der Waals surface area contributed by atoms with Gasteiger partial charge in [-0.05, 0) is 18.2 Å². The first-order valence-corrected chi connectivity index (χ1v) is 5.62. The lowest BCUT2D eigenvalue weighted by molar-refractivity contribution is -0.139. The topological polar surface area (TPSA) is 103 Å². The molecule has 1 amide bonds. The second kappa shape index (κ2) is 4.00. The Hall–Kier alpha value is -1.61. The van der Waals surface area contributed by atoms with Crippen molar-refractivity contribution in [1.82, 2.24) is 0 Å². The highest BCUT2D eigenvalue weighted by atomic mass is 32.2. The maximum Gasteiger partial charge on any atom is 0.417 e. The standard InChI is InChI=1S/C8H7F3N2O3S/c9-8(10,11)5-3-4(7(12)14)1-2-6(5)17(13,15)16/h1-3H,(H2,12,14)(H2,13,15,16). The number of halogens is 3. The molecule has 0 aliphatic rings. The number of alkyl halides is 3. The third kappa shape index (κ3) is 2.94. The van der Waals surface area contributed by atoms with Gasteiger partial charge in [-0.25, -0.2) is 13.6 Å². The minimum atomic E-state index is -4.95. The minimum absolute atomic E-state index is 0.349. The van der Waals surface area contributed by atoms with Crippen molar-refractivity contribution in [2.24, 2.45) is 10.9 Å². The normalized spacial score (nSPS) is 12.5. The van der Waals surface area contributed by atoms with Crippen LogP contribution in [-0.4, -0.2) is 14.3 Å². The van der Waals surface area contributed by atoms with E-state index in [0.29, 0.717) is 12.1 Å². The number of rotatable bonds is 2. The largest absolute Gasteiger partial charge is 0.417 e. The molecule has 0 aliphatic heterocycles. The molecular formula is C8H7F3N2O3S. The number of amides is 1. The Morgan fingerprint density at radius 1 is 1.24 bits per heavy atom. The molecule has 17 heavy (non-hydrogen) atoms. The van der Waals surface area contributed by atoms with Crippen molar-refractivity contribution in [2.45, 2.75) is 11.1 Å². The zero-order valence-corrected chi connectivity index (χ0v) is 8.97. The van der Waals surface area contributed by atoms with Gasteiger partial charge in [0.15, 0.2) is 0 Å². The quantitative estimate of drug-likeness (QED) is 0.813. The molecule has 0 unspecified atom stereocenters. The van der Waals surface area contributed by atoms with Gasteiger partial charge in [0.1, 0.15) is 0 Å². The first-order chi connectivity index (χ1) is 7.53. The highest BCUT2D eigenvalue weighted by molar-refractivity contribution is 7.89. The van der Waals surface area contributed by atoms with Crippen molar-refractivity contribution in [3.63, 3.8) is 0 Å².